The van der Waals surface area contributed by atoms with Crippen LogP contribution in [-0.4, -0.2) is 27.4 Å². The van der Waals surface area contributed by atoms with E-state index in [1.807, 2.05) is 24.3 Å². The van der Waals surface area contributed by atoms with Crippen LogP contribution in [0.3, 0.4) is 0 Å². The number of benzene rings is 14. The minimum atomic E-state index is 0.537. The van der Waals surface area contributed by atoms with Crippen LogP contribution in [0.1, 0.15) is 11.1 Å². The molecule has 6 aromatic heterocycles. The Morgan fingerprint density at radius 3 is 0.596 bits per heavy atom. The fourth-order valence-corrected chi connectivity index (χ4v) is 15.9. The first-order valence-electron chi connectivity index (χ1n) is 31.8. The topological polar surface area (TPSA) is 77.2 Å². The van der Waals surface area contributed by atoms with Crippen LogP contribution < -0.4 is 0 Å². The van der Waals surface area contributed by atoms with Gasteiger partial charge in [-0.3, -0.25) is 0 Å². The van der Waals surface area contributed by atoms with E-state index in [9.17, 15) is 10.5 Å². The summed E-state index contributed by atoms with van der Waals surface area (Å²) in [5.41, 5.74) is 21.5. The molecule has 0 fully saturated rings. The zero-order valence-electron chi connectivity index (χ0n) is 50.4. The summed E-state index contributed by atoms with van der Waals surface area (Å²) in [4.78, 5) is 0. The number of rotatable bonds is 7. The Hall–Kier alpha value is -13.1. The van der Waals surface area contributed by atoms with Gasteiger partial charge < -0.3 is 27.4 Å². The van der Waals surface area contributed by atoms with Gasteiger partial charge in [0.25, 0.3) is 0 Å². The maximum atomic E-state index is 11.3. The first kappa shape index (κ1) is 51.7. The second-order valence-electron chi connectivity index (χ2n) is 24.6. The summed E-state index contributed by atoms with van der Waals surface area (Å²) in [6.45, 7) is 0. The van der Waals surface area contributed by atoms with E-state index in [0.717, 1.165) is 133 Å². The van der Waals surface area contributed by atoms with Gasteiger partial charge in [-0.1, -0.05) is 158 Å². The summed E-state index contributed by atoms with van der Waals surface area (Å²) in [7, 11) is 0. The Kier molecular flexibility index (Phi) is 10.8. The molecule has 14 aromatic carbocycles. The van der Waals surface area contributed by atoms with Crippen molar-refractivity contribution in [1.82, 2.24) is 27.4 Å². The molecule has 6 heterocycles. The molecule has 0 unspecified atom stereocenters. The van der Waals surface area contributed by atoms with Gasteiger partial charge in [0.05, 0.1) is 88.7 Å². The minimum Gasteiger partial charge on any atom is -0.309 e. The first-order valence-corrected chi connectivity index (χ1v) is 31.8. The van der Waals surface area contributed by atoms with Crippen molar-refractivity contribution in [1.29, 1.82) is 10.5 Å². The molecule has 0 N–H and O–H groups in total. The van der Waals surface area contributed by atoms with E-state index >= 15 is 0 Å². The Labute approximate surface area is 537 Å². The third-order valence-corrected chi connectivity index (χ3v) is 19.9. The lowest BCUT2D eigenvalue weighted by atomic mass is 9.99. The van der Waals surface area contributed by atoms with Crippen molar-refractivity contribution >= 4 is 131 Å². The lowest BCUT2D eigenvalue weighted by Gasteiger charge is -2.15. The maximum Gasteiger partial charge on any atom is 0.101 e. The average molecular weight is 1200 g/mol. The molecule has 0 bridgehead atoms. The monoisotopic (exact) mass is 1190 g/mol. The van der Waals surface area contributed by atoms with Gasteiger partial charge in [0, 0.05) is 87.4 Å². The van der Waals surface area contributed by atoms with Gasteiger partial charge in [0.1, 0.15) is 12.1 Å². The lowest BCUT2D eigenvalue weighted by molar-refractivity contribution is 1.15. The number of hydrogen-bond acceptors (Lipinski definition) is 2. The van der Waals surface area contributed by atoms with Gasteiger partial charge in [0.15, 0.2) is 0 Å². The quantitative estimate of drug-likeness (QED) is 0.159. The number of aromatic nitrogens is 6. The SMILES string of the molecule is N#Cc1ccc(-c2ccc(C#N)c(-n3c4ccc(-n5c6ccccc6c6ccccc65)cc4c4cc(-n5c6ccccc6c6ccccc65)ccc43)c2)cc1-n1c2ccc(-n3c4ccccc4c4ccccc43)cc2c2cc(-n3c4ccccc4c4ccccc43)ccc21. The number of nitrogens with zero attached hydrogens (tertiary/aromatic N) is 8. The third kappa shape index (κ3) is 7.25. The zero-order chi connectivity index (χ0) is 61.9. The van der Waals surface area contributed by atoms with Crippen molar-refractivity contribution in [2.75, 3.05) is 0 Å². The van der Waals surface area contributed by atoms with E-state index in [4.69, 9.17) is 0 Å². The fourth-order valence-electron chi connectivity index (χ4n) is 15.9. The number of fused-ring (bicyclic) bond motifs is 18. The second kappa shape index (κ2) is 19.7. The average Bonchev–Trinajstić information content (AvgIpc) is 1.57. The van der Waals surface area contributed by atoms with Gasteiger partial charge in [-0.15, -0.1) is 0 Å². The van der Waals surface area contributed by atoms with Crippen molar-refractivity contribution in [2.45, 2.75) is 0 Å². The molecule has 0 saturated heterocycles. The van der Waals surface area contributed by atoms with E-state index in [1.54, 1.807) is 0 Å². The molecule has 20 rings (SSSR count). The highest BCUT2D eigenvalue weighted by atomic mass is 15.0. The van der Waals surface area contributed by atoms with Gasteiger partial charge in [-0.25, -0.2) is 0 Å². The molecule has 434 valence electrons. The number of nitriles is 2. The molecule has 20 aromatic rings. The van der Waals surface area contributed by atoms with Crippen molar-refractivity contribution in [3.8, 4) is 57.4 Å². The molecule has 0 spiro atoms. The molecule has 0 aliphatic rings. The van der Waals surface area contributed by atoms with Crippen molar-refractivity contribution in [2.24, 2.45) is 0 Å². The fraction of sp³-hybridized carbons (Fsp3) is 0. The molecule has 0 saturated carbocycles. The normalized spacial score (nSPS) is 12.0. The standard InChI is InChI=1S/C86H50N8/c87-51-55-35-33-53(45-85(55)93-81-41-37-57(89-73-25-9-1-17-61(73)62-18-2-10-26-74(62)89)47-69(81)70-48-58(38-42-82(70)93)90-75-27-11-3-19-63(75)64-20-4-12-28-76(64)90)54-34-36-56(52-88)86(46-54)94-83-43-39-59(91-77-29-13-5-21-65(77)66-22-6-14-30-78(66)91)49-71(83)72-50-60(40-44-84(72)94)92-79-31-15-7-23-67(79)68-24-8-16-32-80(68)92/h1-50H. The lowest BCUT2D eigenvalue weighted by Crippen LogP contribution is -2.01. The van der Waals surface area contributed by atoms with Crippen molar-refractivity contribution in [3.63, 3.8) is 0 Å². The summed E-state index contributed by atoms with van der Waals surface area (Å²) in [6, 6.07) is 114. The van der Waals surface area contributed by atoms with E-state index < -0.39 is 0 Å². The van der Waals surface area contributed by atoms with Crippen LogP contribution in [0.25, 0.3) is 176 Å². The highest BCUT2D eigenvalue weighted by Crippen LogP contribution is 2.44. The van der Waals surface area contributed by atoms with Crippen LogP contribution in [0.2, 0.25) is 0 Å². The van der Waals surface area contributed by atoms with Crippen LogP contribution in [0.4, 0.5) is 0 Å². The molecule has 94 heavy (non-hydrogen) atoms. The van der Waals surface area contributed by atoms with Crippen molar-refractivity contribution < 1.29 is 0 Å². The summed E-state index contributed by atoms with van der Waals surface area (Å²) in [5.74, 6) is 0. The van der Waals surface area contributed by atoms with Crippen molar-refractivity contribution in [3.05, 3.63) is 314 Å². The van der Waals surface area contributed by atoms with Crippen LogP contribution >= 0.6 is 0 Å². The van der Waals surface area contributed by atoms with E-state index in [2.05, 4.69) is 319 Å². The Balaban J connectivity index is 0.802. The summed E-state index contributed by atoms with van der Waals surface area (Å²) < 4.78 is 14.1. The van der Waals surface area contributed by atoms with Gasteiger partial charge in [0.2, 0.25) is 0 Å². The smallest absolute Gasteiger partial charge is 0.101 e. The Bertz CT molecular complexity index is 5810. The third-order valence-electron chi connectivity index (χ3n) is 19.9. The number of hydrogen-bond donors (Lipinski definition) is 0. The summed E-state index contributed by atoms with van der Waals surface area (Å²) in [6.07, 6.45) is 0. The predicted octanol–water partition coefficient (Wildman–Crippen LogP) is 21.7. The minimum absolute atomic E-state index is 0.537. The summed E-state index contributed by atoms with van der Waals surface area (Å²) in [5, 5.41) is 36.3. The highest BCUT2D eigenvalue weighted by molar-refractivity contribution is 6.17. The molecule has 0 atom stereocenters. The maximum absolute atomic E-state index is 11.3. The highest BCUT2D eigenvalue weighted by Gasteiger charge is 2.24. The number of para-hydroxylation sites is 8. The molecular weight excluding hydrogens is 1150 g/mol. The van der Waals surface area contributed by atoms with Gasteiger partial charge in [-0.05, 0) is 157 Å². The van der Waals surface area contributed by atoms with Crippen LogP contribution in [0.5, 0.6) is 0 Å². The zero-order valence-corrected chi connectivity index (χ0v) is 50.4. The van der Waals surface area contributed by atoms with E-state index in [1.165, 1.54) is 43.1 Å². The van der Waals surface area contributed by atoms with Gasteiger partial charge in [-0.2, -0.15) is 10.5 Å². The van der Waals surface area contributed by atoms with E-state index in [0.29, 0.717) is 11.1 Å². The molecule has 8 nitrogen and oxygen atoms in total. The van der Waals surface area contributed by atoms with E-state index in [-0.39, 0.29) is 0 Å². The molecule has 0 aliphatic carbocycles. The van der Waals surface area contributed by atoms with Crippen LogP contribution in [0, 0.1) is 22.7 Å². The first-order chi connectivity index (χ1) is 46.6. The Morgan fingerprint density at radius 1 is 0.181 bits per heavy atom. The Morgan fingerprint density at radius 2 is 0.383 bits per heavy atom. The van der Waals surface area contributed by atoms with Crippen LogP contribution in [-0.2, 0) is 0 Å². The largest absolute Gasteiger partial charge is 0.309 e. The molecule has 0 amide bonds. The molecule has 8 heteroatoms. The summed E-state index contributed by atoms with van der Waals surface area (Å²) >= 11 is 0. The van der Waals surface area contributed by atoms with Gasteiger partial charge >= 0.3 is 0 Å². The second-order valence-corrected chi connectivity index (χ2v) is 24.6. The molecule has 0 radical (unpaired) electrons. The predicted molar refractivity (Wildman–Crippen MR) is 387 cm³/mol. The molecule has 0 aliphatic heterocycles. The van der Waals surface area contributed by atoms with Crippen LogP contribution in [0.15, 0.2) is 303 Å². The molecular formula is C86H50N8.